The third kappa shape index (κ3) is 6.85. The van der Waals surface area contributed by atoms with Gasteiger partial charge in [-0.2, -0.15) is 4.98 Å². The third-order valence-electron chi connectivity index (χ3n) is 6.08. The topological polar surface area (TPSA) is 65.1 Å². The Hall–Kier alpha value is -2.91. The van der Waals surface area contributed by atoms with Gasteiger partial charge >= 0.3 is 0 Å². The molecule has 1 aliphatic heterocycles. The molecule has 192 valence electrons. The van der Waals surface area contributed by atoms with Crippen molar-refractivity contribution < 1.29 is 8.78 Å². The van der Waals surface area contributed by atoms with Crippen LogP contribution in [0.5, 0.6) is 0 Å². The molecular formula is C27H34F2N6S. The number of piperidine rings is 1. The maximum absolute atomic E-state index is 14.9. The van der Waals surface area contributed by atoms with Crippen LogP contribution in [0.1, 0.15) is 50.7 Å². The highest BCUT2D eigenvalue weighted by atomic mass is 32.2. The molecule has 0 spiro atoms. The maximum Gasteiger partial charge on any atom is 0.229 e. The van der Waals surface area contributed by atoms with Crippen LogP contribution in [-0.2, 0) is 0 Å². The minimum atomic E-state index is -0.329. The van der Waals surface area contributed by atoms with Crippen LogP contribution >= 0.6 is 11.9 Å². The largest absolute Gasteiger partial charge is 0.340 e. The number of anilines is 5. The highest BCUT2D eigenvalue weighted by molar-refractivity contribution is 8.01. The van der Waals surface area contributed by atoms with Gasteiger partial charge in [0.1, 0.15) is 17.5 Å². The molecule has 0 radical (unpaired) electrons. The van der Waals surface area contributed by atoms with Crippen molar-refractivity contribution in [2.75, 3.05) is 35.5 Å². The summed E-state index contributed by atoms with van der Waals surface area (Å²) in [6, 6.07) is 10.0. The number of rotatable bonds is 7. The van der Waals surface area contributed by atoms with Crippen molar-refractivity contribution in [1.29, 1.82) is 0 Å². The highest BCUT2D eigenvalue weighted by Gasteiger charge is 2.21. The van der Waals surface area contributed by atoms with Crippen LogP contribution in [0.4, 0.5) is 37.6 Å². The van der Waals surface area contributed by atoms with Gasteiger partial charge in [0.15, 0.2) is 0 Å². The summed E-state index contributed by atoms with van der Waals surface area (Å²) < 4.78 is 32.2. The lowest BCUT2D eigenvalue weighted by molar-refractivity contribution is 0.253. The van der Waals surface area contributed by atoms with E-state index in [-0.39, 0.29) is 22.3 Å². The van der Waals surface area contributed by atoms with Crippen LogP contribution in [0.25, 0.3) is 0 Å². The molecule has 36 heavy (non-hydrogen) atoms. The second-order valence-corrected chi connectivity index (χ2v) is 11.9. The molecule has 0 atom stereocenters. The molecule has 1 fully saturated rings. The lowest BCUT2D eigenvalue weighted by Gasteiger charge is -2.29. The van der Waals surface area contributed by atoms with Crippen molar-refractivity contribution in [1.82, 2.24) is 14.9 Å². The van der Waals surface area contributed by atoms with Gasteiger partial charge in [0.05, 0.1) is 5.69 Å². The van der Waals surface area contributed by atoms with Crippen molar-refractivity contribution in [2.45, 2.75) is 51.2 Å². The quantitative estimate of drug-likeness (QED) is 0.289. The molecular weight excluding hydrogens is 478 g/mol. The number of aromatic nitrogens is 2. The minimum Gasteiger partial charge on any atom is -0.340 e. The first-order valence-electron chi connectivity index (χ1n) is 12.2. The molecule has 4 rings (SSSR count). The van der Waals surface area contributed by atoms with Gasteiger partial charge in [-0.25, -0.2) is 13.8 Å². The van der Waals surface area contributed by atoms with E-state index in [1.807, 2.05) is 19.1 Å². The van der Waals surface area contributed by atoms with Gasteiger partial charge in [0.25, 0.3) is 0 Å². The fourth-order valence-corrected chi connectivity index (χ4v) is 4.61. The molecule has 0 amide bonds. The Morgan fingerprint density at radius 1 is 0.972 bits per heavy atom. The molecule has 2 aromatic carbocycles. The number of aryl methyl sites for hydroxylation is 1. The van der Waals surface area contributed by atoms with E-state index in [4.69, 9.17) is 0 Å². The lowest BCUT2D eigenvalue weighted by atomic mass is 9.89. The standard InChI is InChI=1S/C27H34F2N6S/c1-17-16-30-26(32-19-6-8-21(23(29)14-19)18-10-12-35(5)13-11-18)33-25(17)31-20-7-9-22(28)24(15-20)34-36-27(2,3)4/h6-9,14-16,18,34H,10-13H2,1-5H3,(H2,30,31,32,33). The van der Waals surface area contributed by atoms with Crippen molar-refractivity contribution in [3.8, 4) is 0 Å². The van der Waals surface area contributed by atoms with E-state index in [1.54, 1.807) is 18.3 Å². The van der Waals surface area contributed by atoms with Crippen molar-refractivity contribution in [3.05, 3.63) is 65.4 Å². The van der Waals surface area contributed by atoms with E-state index in [2.05, 4.69) is 58.0 Å². The highest BCUT2D eigenvalue weighted by Crippen LogP contribution is 2.32. The van der Waals surface area contributed by atoms with E-state index < -0.39 is 0 Å². The summed E-state index contributed by atoms with van der Waals surface area (Å²) in [5, 5.41) is 6.35. The van der Waals surface area contributed by atoms with Crippen LogP contribution in [0.3, 0.4) is 0 Å². The van der Waals surface area contributed by atoms with Crippen LogP contribution in [0.2, 0.25) is 0 Å². The Morgan fingerprint density at radius 3 is 2.36 bits per heavy atom. The number of hydrogen-bond acceptors (Lipinski definition) is 7. The fraction of sp³-hybridized carbons (Fsp3) is 0.407. The van der Waals surface area contributed by atoms with E-state index in [1.165, 1.54) is 24.1 Å². The second kappa shape index (κ2) is 11.0. The van der Waals surface area contributed by atoms with Gasteiger partial charge in [0.2, 0.25) is 5.95 Å². The van der Waals surface area contributed by atoms with Crippen LogP contribution in [-0.4, -0.2) is 39.8 Å². The molecule has 2 heterocycles. The van der Waals surface area contributed by atoms with E-state index in [0.717, 1.165) is 37.1 Å². The van der Waals surface area contributed by atoms with Gasteiger partial charge in [-0.15, -0.1) is 0 Å². The Labute approximate surface area is 216 Å². The zero-order valence-electron chi connectivity index (χ0n) is 21.5. The summed E-state index contributed by atoms with van der Waals surface area (Å²) in [5.41, 5.74) is 3.27. The number of nitrogens with one attached hydrogen (secondary N) is 3. The summed E-state index contributed by atoms with van der Waals surface area (Å²) in [7, 11) is 2.10. The van der Waals surface area contributed by atoms with E-state index in [0.29, 0.717) is 28.8 Å². The van der Waals surface area contributed by atoms with Crippen molar-refractivity contribution in [2.24, 2.45) is 0 Å². The second-order valence-electron chi connectivity index (χ2n) is 10.3. The first kappa shape index (κ1) is 26.2. The van der Waals surface area contributed by atoms with E-state index in [9.17, 15) is 8.78 Å². The molecule has 3 N–H and O–H groups in total. The molecule has 3 aromatic rings. The van der Waals surface area contributed by atoms with Gasteiger partial charge in [-0.1, -0.05) is 6.07 Å². The minimum absolute atomic E-state index is 0.0650. The number of benzene rings is 2. The van der Waals surface area contributed by atoms with E-state index >= 15 is 0 Å². The monoisotopic (exact) mass is 512 g/mol. The predicted octanol–water partition coefficient (Wildman–Crippen LogP) is 7.22. The average Bonchev–Trinajstić information content (AvgIpc) is 2.82. The maximum atomic E-state index is 14.9. The zero-order chi connectivity index (χ0) is 25.9. The number of hydrogen-bond donors (Lipinski definition) is 3. The Bertz CT molecular complexity index is 1210. The number of nitrogens with zero attached hydrogens (tertiary/aromatic N) is 3. The number of likely N-dealkylation sites (tertiary alicyclic amines) is 1. The van der Waals surface area contributed by atoms with Crippen LogP contribution in [0.15, 0.2) is 42.6 Å². The fourth-order valence-electron chi connectivity index (χ4n) is 4.04. The molecule has 0 unspecified atom stereocenters. The first-order chi connectivity index (χ1) is 17.1. The van der Waals surface area contributed by atoms with Gasteiger partial charge < -0.3 is 20.3 Å². The van der Waals surface area contributed by atoms with Gasteiger partial charge in [0, 0.05) is 27.9 Å². The van der Waals surface area contributed by atoms with Gasteiger partial charge in [-0.3, -0.25) is 0 Å². The third-order valence-corrected chi connectivity index (χ3v) is 7.02. The van der Waals surface area contributed by atoms with Crippen molar-refractivity contribution in [3.63, 3.8) is 0 Å². The number of halogens is 2. The molecule has 1 aromatic heterocycles. The zero-order valence-corrected chi connectivity index (χ0v) is 22.3. The SMILES string of the molecule is Cc1cnc(Nc2ccc(C3CCN(C)CC3)c(F)c2)nc1Nc1ccc(F)c(NSC(C)(C)C)c1. The summed E-state index contributed by atoms with van der Waals surface area (Å²) in [4.78, 5) is 11.2. The molecule has 1 saturated heterocycles. The lowest BCUT2D eigenvalue weighted by Crippen LogP contribution is -2.29. The Balaban J connectivity index is 1.47. The Kier molecular flexibility index (Phi) is 8.00. The predicted molar refractivity (Wildman–Crippen MR) is 147 cm³/mol. The molecule has 0 aliphatic carbocycles. The summed E-state index contributed by atoms with van der Waals surface area (Å²) in [5.74, 6) is 0.637. The average molecular weight is 513 g/mol. The molecule has 9 heteroatoms. The molecule has 0 bridgehead atoms. The molecule has 0 saturated carbocycles. The normalized spacial score (nSPS) is 15.1. The summed E-state index contributed by atoms with van der Waals surface area (Å²) in [6.07, 6.45) is 3.62. The van der Waals surface area contributed by atoms with Crippen molar-refractivity contribution >= 4 is 40.8 Å². The smallest absolute Gasteiger partial charge is 0.229 e. The van der Waals surface area contributed by atoms with Crippen LogP contribution < -0.4 is 15.4 Å². The van der Waals surface area contributed by atoms with Crippen LogP contribution in [0, 0.1) is 18.6 Å². The summed E-state index contributed by atoms with van der Waals surface area (Å²) in [6.45, 7) is 10.0. The molecule has 1 aliphatic rings. The Morgan fingerprint density at radius 2 is 1.67 bits per heavy atom. The summed E-state index contributed by atoms with van der Waals surface area (Å²) >= 11 is 1.45. The molecule has 6 nitrogen and oxygen atoms in total. The van der Waals surface area contributed by atoms with Gasteiger partial charge in [-0.05, 0) is 114 Å². The first-order valence-corrected chi connectivity index (χ1v) is 13.0.